The molecule has 0 saturated heterocycles. The lowest BCUT2D eigenvalue weighted by Crippen LogP contribution is -2.42. The van der Waals surface area contributed by atoms with E-state index in [4.69, 9.17) is 4.74 Å². The number of sulfonamides is 1. The van der Waals surface area contributed by atoms with Crippen LogP contribution in [0.4, 0.5) is 4.79 Å². The first-order valence-corrected chi connectivity index (χ1v) is 11.8. The number of rotatable bonds is 9. The summed E-state index contributed by atoms with van der Waals surface area (Å²) in [5.41, 5.74) is 1.94. The number of carbonyl (C=O) groups excluding carboxylic acids is 2. The van der Waals surface area contributed by atoms with Crippen LogP contribution in [0, 0.1) is 0 Å². The van der Waals surface area contributed by atoms with Gasteiger partial charge in [-0.2, -0.15) is 0 Å². The van der Waals surface area contributed by atoms with Crippen molar-refractivity contribution in [3.05, 3.63) is 71.9 Å². The Labute approximate surface area is 190 Å². The zero-order valence-electron chi connectivity index (χ0n) is 17.7. The Morgan fingerprint density at radius 3 is 2.39 bits per heavy atom. The van der Waals surface area contributed by atoms with Crippen molar-refractivity contribution in [2.24, 2.45) is 0 Å². The molecule has 0 radical (unpaired) electrons. The third kappa shape index (κ3) is 6.81. The van der Waals surface area contributed by atoms with E-state index in [2.05, 4.69) is 5.32 Å². The van der Waals surface area contributed by atoms with Gasteiger partial charge in [-0.05, 0) is 17.2 Å². The third-order valence-electron chi connectivity index (χ3n) is 4.71. The smallest absolute Gasteiger partial charge is 0.408 e. The molecule has 1 aromatic heterocycles. The van der Waals surface area contributed by atoms with Gasteiger partial charge in [-0.25, -0.2) is 18.0 Å². The molecule has 33 heavy (non-hydrogen) atoms. The van der Waals surface area contributed by atoms with Crippen LogP contribution in [-0.2, 0) is 43.9 Å². The van der Waals surface area contributed by atoms with Crippen LogP contribution < -0.4 is 10.0 Å². The Hall–Kier alpha value is -3.86. The minimum Gasteiger partial charge on any atom is -0.480 e. The first-order valence-electron chi connectivity index (χ1n) is 9.90. The van der Waals surface area contributed by atoms with Gasteiger partial charge in [0.15, 0.2) is 0 Å². The average molecular weight is 474 g/mol. The molecule has 2 aromatic carbocycles. The number of alkyl carbamates (subject to hydrolysis) is 1. The van der Waals surface area contributed by atoms with E-state index in [-0.39, 0.29) is 19.6 Å². The molecule has 1 heterocycles. The first kappa shape index (κ1) is 23.8. The number of fused-ring (bicyclic) bond motifs is 1. The molecule has 0 fully saturated rings. The Morgan fingerprint density at radius 2 is 1.73 bits per heavy atom. The number of carboxylic acid groups (broad SMARTS) is 1. The van der Waals surface area contributed by atoms with E-state index < -0.39 is 34.0 Å². The molecular weight excluding hydrogens is 450 g/mol. The van der Waals surface area contributed by atoms with E-state index in [0.29, 0.717) is 16.5 Å². The van der Waals surface area contributed by atoms with Crippen molar-refractivity contribution in [2.45, 2.75) is 25.6 Å². The molecule has 0 spiro atoms. The number of hydrogen-bond acceptors (Lipinski definition) is 6. The van der Waals surface area contributed by atoms with Gasteiger partial charge in [-0.15, -0.1) is 0 Å². The van der Waals surface area contributed by atoms with Crippen LogP contribution in [0.25, 0.3) is 10.9 Å². The van der Waals surface area contributed by atoms with Gasteiger partial charge in [0.25, 0.3) is 5.91 Å². The molecule has 0 aliphatic heterocycles. The molecular formula is C22H23N3O7S. The van der Waals surface area contributed by atoms with Crippen molar-refractivity contribution in [3.8, 4) is 0 Å². The number of carboxylic acids is 1. The molecule has 11 heteroatoms. The highest BCUT2D eigenvalue weighted by atomic mass is 32.2. The molecule has 0 saturated carbocycles. The molecule has 10 nitrogen and oxygen atoms in total. The minimum absolute atomic E-state index is 0.00618. The van der Waals surface area contributed by atoms with Crippen LogP contribution in [0.2, 0.25) is 0 Å². The quantitative estimate of drug-likeness (QED) is 0.428. The maximum absolute atomic E-state index is 12.2. The van der Waals surface area contributed by atoms with Crippen molar-refractivity contribution in [1.82, 2.24) is 14.6 Å². The Morgan fingerprint density at radius 1 is 1.06 bits per heavy atom. The lowest BCUT2D eigenvalue weighted by Gasteiger charge is -2.14. The fraction of sp³-hybridized carbons (Fsp3) is 0.227. The summed E-state index contributed by atoms with van der Waals surface area (Å²) in [6.45, 7) is -0.286. The number of aliphatic carboxylic acids is 1. The molecule has 0 aliphatic rings. The standard InChI is InChI=1S/C22H23N3O7S/c1-33(30,31)24-20(26)13-25-12-16(17-9-5-6-10-19(17)25)11-18(21(27)28)23-22(29)32-14-15-7-3-2-4-8-15/h2-10,12,18H,11,13-14H2,1H3,(H,23,29)(H,24,26)(H,27,28)/t18-/m0/s1. The van der Waals surface area contributed by atoms with Crippen LogP contribution in [0.15, 0.2) is 60.8 Å². The van der Waals surface area contributed by atoms with Crippen LogP contribution in [0.1, 0.15) is 11.1 Å². The monoisotopic (exact) mass is 473 g/mol. The molecule has 0 aliphatic carbocycles. The number of amides is 2. The highest BCUT2D eigenvalue weighted by molar-refractivity contribution is 7.89. The molecule has 174 valence electrons. The van der Waals surface area contributed by atoms with Crippen molar-refractivity contribution in [3.63, 3.8) is 0 Å². The third-order valence-corrected chi connectivity index (χ3v) is 5.31. The van der Waals surface area contributed by atoms with Gasteiger partial charge in [0.05, 0.1) is 6.26 Å². The summed E-state index contributed by atoms with van der Waals surface area (Å²) in [6, 6.07) is 14.7. The van der Waals surface area contributed by atoms with Crippen molar-refractivity contribution in [2.75, 3.05) is 6.26 Å². The second kappa shape index (κ2) is 10.2. The maximum atomic E-state index is 12.2. The SMILES string of the molecule is CS(=O)(=O)NC(=O)Cn1cc(C[C@H](NC(=O)OCc2ccccc2)C(=O)O)c2ccccc21. The van der Waals surface area contributed by atoms with Crippen LogP contribution in [0.3, 0.4) is 0 Å². The molecule has 3 rings (SSSR count). The maximum Gasteiger partial charge on any atom is 0.408 e. The van der Waals surface area contributed by atoms with E-state index in [1.807, 2.05) is 10.8 Å². The predicted molar refractivity (Wildman–Crippen MR) is 120 cm³/mol. The first-order chi connectivity index (χ1) is 15.6. The van der Waals surface area contributed by atoms with Crippen LogP contribution >= 0.6 is 0 Å². The summed E-state index contributed by atoms with van der Waals surface area (Å²) in [7, 11) is -3.71. The molecule has 3 N–H and O–H groups in total. The van der Waals surface area contributed by atoms with Gasteiger partial charge in [-0.3, -0.25) is 9.52 Å². The van der Waals surface area contributed by atoms with Gasteiger partial charge in [0.1, 0.15) is 19.2 Å². The zero-order chi connectivity index (χ0) is 24.0. The lowest BCUT2D eigenvalue weighted by atomic mass is 10.1. The van der Waals surface area contributed by atoms with Gasteiger partial charge in [0.2, 0.25) is 10.0 Å². The lowest BCUT2D eigenvalue weighted by molar-refractivity contribution is -0.139. The number of hydrogen-bond donors (Lipinski definition) is 3. The number of aromatic nitrogens is 1. The largest absolute Gasteiger partial charge is 0.480 e. The topological polar surface area (TPSA) is 144 Å². The van der Waals surface area contributed by atoms with Gasteiger partial charge < -0.3 is 19.7 Å². The second-order valence-electron chi connectivity index (χ2n) is 7.40. The summed E-state index contributed by atoms with van der Waals surface area (Å²) in [5, 5.41) is 12.6. The van der Waals surface area contributed by atoms with Crippen molar-refractivity contribution < 1.29 is 32.6 Å². The Balaban J connectivity index is 1.74. The number of ether oxygens (including phenoxy) is 1. The van der Waals surface area contributed by atoms with Crippen molar-refractivity contribution >= 4 is 38.9 Å². The molecule has 0 bridgehead atoms. The number of nitrogens with one attached hydrogen (secondary N) is 2. The van der Waals surface area contributed by atoms with Crippen LogP contribution in [0.5, 0.6) is 0 Å². The summed E-state index contributed by atoms with van der Waals surface area (Å²) in [5.74, 6) is -1.99. The molecule has 0 unspecified atom stereocenters. The normalized spacial score (nSPS) is 12.2. The zero-order valence-corrected chi connectivity index (χ0v) is 18.5. The van der Waals surface area contributed by atoms with E-state index in [1.165, 1.54) is 4.57 Å². The summed E-state index contributed by atoms with van der Waals surface area (Å²) in [4.78, 5) is 36.0. The van der Waals surface area contributed by atoms with E-state index in [1.54, 1.807) is 54.7 Å². The van der Waals surface area contributed by atoms with E-state index in [9.17, 15) is 27.9 Å². The van der Waals surface area contributed by atoms with E-state index >= 15 is 0 Å². The highest BCUT2D eigenvalue weighted by Gasteiger charge is 2.24. The summed E-state index contributed by atoms with van der Waals surface area (Å²) in [6.07, 6.45) is 1.50. The number of nitrogens with zero attached hydrogens (tertiary/aromatic N) is 1. The van der Waals surface area contributed by atoms with Gasteiger partial charge >= 0.3 is 12.1 Å². The minimum atomic E-state index is -3.71. The fourth-order valence-electron chi connectivity index (χ4n) is 3.34. The highest BCUT2D eigenvalue weighted by Crippen LogP contribution is 2.23. The summed E-state index contributed by atoms with van der Waals surface area (Å²) >= 11 is 0. The number of para-hydroxylation sites is 1. The van der Waals surface area contributed by atoms with Crippen LogP contribution in [-0.4, -0.2) is 48.4 Å². The van der Waals surface area contributed by atoms with Crippen molar-refractivity contribution in [1.29, 1.82) is 0 Å². The average Bonchev–Trinajstić information content (AvgIpc) is 3.08. The Kier molecular flexibility index (Phi) is 7.34. The number of carbonyl (C=O) groups is 3. The van der Waals surface area contributed by atoms with Gasteiger partial charge in [-0.1, -0.05) is 48.5 Å². The Bertz CT molecular complexity index is 1270. The fourth-order valence-corrected chi connectivity index (χ4v) is 3.82. The number of benzene rings is 2. The molecule has 1 atom stereocenters. The second-order valence-corrected chi connectivity index (χ2v) is 9.15. The van der Waals surface area contributed by atoms with E-state index in [0.717, 1.165) is 11.8 Å². The van der Waals surface area contributed by atoms with Gasteiger partial charge in [0, 0.05) is 23.5 Å². The molecule has 3 aromatic rings. The molecule has 2 amide bonds. The summed E-state index contributed by atoms with van der Waals surface area (Å²) < 4.78 is 31.2. The predicted octanol–water partition coefficient (Wildman–Crippen LogP) is 1.64.